The van der Waals surface area contributed by atoms with Crippen molar-refractivity contribution in [3.63, 3.8) is 0 Å². The highest BCUT2D eigenvalue weighted by atomic mass is 16.2. The van der Waals surface area contributed by atoms with Crippen LogP contribution in [-0.2, 0) is 0 Å². The zero-order valence-electron chi connectivity index (χ0n) is 10.7. The fraction of sp³-hybridized carbons (Fsp3) is 0.154. The lowest BCUT2D eigenvalue weighted by Gasteiger charge is -2.05. The minimum atomic E-state index is -0.501. The maximum Gasteiger partial charge on any atom is 0.259 e. The maximum absolute atomic E-state index is 12.1. The quantitative estimate of drug-likeness (QED) is 0.775. The molecule has 98 valence electrons. The molecule has 6 heteroatoms. The van der Waals surface area contributed by atoms with Crippen molar-refractivity contribution >= 4 is 17.5 Å². The van der Waals surface area contributed by atoms with Gasteiger partial charge in [0, 0.05) is 16.9 Å². The average Bonchev–Trinajstić information content (AvgIpc) is 2.69. The standard InChI is InChI=1S/C13H14N4O2/c1-7-11(8(2)17-16-7)13(19)15-10-5-3-9(4-6-10)12(14)18/h3-6H,1-2H3,(H2,14,18)(H,15,19)(H,16,17). The fourth-order valence-electron chi connectivity index (χ4n) is 1.80. The van der Waals surface area contributed by atoms with Gasteiger partial charge in [-0.3, -0.25) is 14.7 Å². The van der Waals surface area contributed by atoms with Crippen LogP contribution in [-0.4, -0.2) is 22.0 Å². The molecule has 0 aliphatic carbocycles. The van der Waals surface area contributed by atoms with Crippen LogP contribution in [0.4, 0.5) is 5.69 Å². The molecule has 1 heterocycles. The zero-order valence-corrected chi connectivity index (χ0v) is 10.7. The summed E-state index contributed by atoms with van der Waals surface area (Å²) in [7, 11) is 0. The first-order valence-electron chi connectivity index (χ1n) is 5.72. The molecule has 2 amide bonds. The Labute approximate surface area is 110 Å². The number of H-pyrrole nitrogens is 1. The van der Waals surface area contributed by atoms with Crippen molar-refractivity contribution in [3.05, 3.63) is 46.8 Å². The first kappa shape index (κ1) is 12.8. The molecule has 2 rings (SSSR count). The Hall–Kier alpha value is -2.63. The van der Waals surface area contributed by atoms with E-state index in [1.54, 1.807) is 38.1 Å². The van der Waals surface area contributed by atoms with Crippen molar-refractivity contribution in [1.82, 2.24) is 10.2 Å². The lowest BCUT2D eigenvalue weighted by molar-refractivity contribution is 0.0998. The van der Waals surface area contributed by atoms with Crippen molar-refractivity contribution < 1.29 is 9.59 Å². The second kappa shape index (κ2) is 4.93. The molecule has 6 nitrogen and oxygen atoms in total. The number of aromatic nitrogens is 2. The summed E-state index contributed by atoms with van der Waals surface area (Å²) in [5.74, 6) is -0.741. The van der Waals surface area contributed by atoms with Crippen LogP contribution in [0.2, 0.25) is 0 Å². The van der Waals surface area contributed by atoms with Crippen molar-refractivity contribution in [2.75, 3.05) is 5.32 Å². The number of hydrogen-bond donors (Lipinski definition) is 3. The highest BCUT2D eigenvalue weighted by molar-refractivity contribution is 6.06. The summed E-state index contributed by atoms with van der Waals surface area (Å²) in [4.78, 5) is 23.0. The van der Waals surface area contributed by atoms with Gasteiger partial charge in [0.2, 0.25) is 5.91 Å². The van der Waals surface area contributed by atoms with Gasteiger partial charge in [0.25, 0.3) is 5.91 Å². The summed E-state index contributed by atoms with van der Waals surface area (Å²) in [6, 6.07) is 6.38. The number of anilines is 1. The second-order valence-corrected chi connectivity index (χ2v) is 4.20. The van der Waals surface area contributed by atoms with Crippen LogP contribution in [0.3, 0.4) is 0 Å². The Bertz CT molecular complexity index is 609. The molecular formula is C13H14N4O2. The molecule has 1 aromatic heterocycles. The van der Waals surface area contributed by atoms with Crippen LogP contribution in [0, 0.1) is 13.8 Å². The van der Waals surface area contributed by atoms with E-state index in [-0.39, 0.29) is 5.91 Å². The third-order valence-corrected chi connectivity index (χ3v) is 2.78. The maximum atomic E-state index is 12.1. The summed E-state index contributed by atoms with van der Waals surface area (Å²) in [5, 5.41) is 9.47. The summed E-state index contributed by atoms with van der Waals surface area (Å²) in [5.41, 5.74) is 8.01. The lowest BCUT2D eigenvalue weighted by atomic mass is 10.1. The topological polar surface area (TPSA) is 101 Å². The molecule has 0 aliphatic heterocycles. The van der Waals surface area contributed by atoms with Gasteiger partial charge in [-0.05, 0) is 38.1 Å². The number of nitrogens with two attached hydrogens (primary N) is 1. The highest BCUT2D eigenvalue weighted by Crippen LogP contribution is 2.14. The van der Waals surface area contributed by atoms with Gasteiger partial charge in [-0.25, -0.2) is 0 Å². The number of primary amides is 1. The van der Waals surface area contributed by atoms with Gasteiger partial charge in [0.15, 0.2) is 0 Å². The monoisotopic (exact) mass is 258 g/mol. The molecule has 0 unspecified atom stereocenters. The van der Waals surface area contributed by atoms with E-state index >= 15 is 0 Å². The third kappa shape index (κ3) is 2.62. The van der Waals surface area contributed by atoms with Crippen LogP contribution in [0.1, 0.15) is 32.1 Å². The smallest absolute Gasteiger partial charge is 0.259 e. The normalized spacial score (nSPS) is 10.2. The number of carbonyl (C=O) groups excluding carboxylic acids is 2. The first-order valence-corrected chi connectivity index (χ1v) is 5.72. The predicted octanol–water partition coefficient (Wildman–Crippen LogP) is 1.38. The number of hydrogen-bond acceptors (Lipinski definition) is 3. The molecule has 0 aliphatic rings. The Morgan fingerprint density at radius 2 is 1.84 bits per heavy atom. The molecule has 4 N–H and O–H groups in total. The van der Waals surface area contributed by atoms with Gasteiger partial charge in [0.1, 0.15) is 0 Å². The Morgan fingerprint density at radius 3 is 2.32 bits per heavy atom. The molecule has 0 radical (unpaired) electrons. The molecular weight excluding hydrogens is 244 g/mol. The van der Waals surface area contributed by atoms with Gasteiger partial charge in [-0.2, -0.15) is 5.10 Å². The number of amides is 2. The fourth-order valence-corrected chi connectivity index (χ4v) is 1.80. The average molecular weight is 258 g/mol. The number of aromatic amines is 1. The molecule has 0 spiro atoms. The van der Waals surface area contributed by atoms with E-state index in [1.165, 1.54) is 0 Å². The van der Waals surface area contributed by atoms with E-state index in [9.17, 15) is 9.59 Å². The van der Waals surface area contributed by atoms with Gasteiger partial charge in [-0.15, -0.1) is 0 Å². The molecule has 19 heavy (non-hydrogen) atoms. The number of benzene rings is 1. The largest absolute Gasteiger partial charge is 0.366 e. The molecule has 0 fully saturated rings. The van der Waals surface area contributed by atoms with Crippen LogP contribution < -0.4 is 11.1 Å². The van der Waals surface area contributed by atoms with Crippen molar-refractivity contribution in [2.45, 2.75) is 13.8 Å². The third-order valence-electron chi connectivity index (χ3n) is 2.78. The van der Waals surface area contributed by atoms with Crippen LogP contribution >= 0.6 is 0 Å². The van der Waals surface area contributed by atoms with E-state index in [0.717, 1.165) is 0 Å². The highest BCUT2D eigenvalue weighted by Gasteiger charge is 2.15. The van der Waals surface area contributed by atoms with Gasteiger partial charge in [-0.1, -0.05) is 0 Å². The van der Waals surface area contributed by atoms with E-state index in [4.69, 9.17) is 5.73 Å². The van der Waals surface area contributed by atoms with Gasteiger partial charge in [0.05, 0.1) is 11.3 Å². The molecule has 2 aromatic rings. The van der Waals surface area contributed by atoms with E-state index < -0.39 is 5.91 Å². The molecule has 1 aromatic carbocycles. The summed E-state index contributed by atoms with van der Waals surface area (Å²) in [6.45, 7) is 3.54. The van der Waals surface area contributed by atoms with Crippen LogP contribution in [0.25, 0.3) is 0 Å². The van der Waals surface area contributed by atoms with Crippen molar-refractivity contribution in [3.8, 4) is 0 Å². The number of carbonyl (C=O) groups is 2. The summed E-state index contributed by atoms with van der Waals surface area (Å²) >= 11 is 0. The van der Waals surface area contributed by atoms with E-state index in [0.29, 0.717) is 28.2 Å². The summed E-state index contributed by atoms with van der Waals surface area (Å²) in [6.07, 6.45) is 0. The molecule has 0 bridgehead atoms. The number of rotatable bonds is 3. The van der Waals surface area contributed by atoms with Crippen LogP contribution in [0.5, 0.6) is 0 Å². The summed E-state index contributed by atoms with van der Waals surface area (Å²) < 4.78 is 0. The zero-order chi connectivity index (χ0) is 14.0. The number of nitrogens with one attached hydrogen (secondary N) is 2. The molecule has 0 saturated heterocycles. The molecule has 0 saturated carbocycles. The number of nitrogens with zero attached hydrogens (tertiary/aromatic N) is 1. The van der Waals surface area contributed by atoms with Crippen LogP contribution in [0.15, 0.2) is 24.3 Å². The molecule has 0 atom stereocenters. The Morgan fingerprint density at radius 1 is 1.21 bits per heavy atom. The predicted molar refractivity (Wildman–Crippen MR) is 71.0 cm³/mol. The van der Waals surface area contributed by atoms with Crippen molar-refractivity contribution in [2.24, 2.45) is 5.73 Å². The van der Waals surface area contributed by atoms with E-state index in [2.05, 4.69) is 15.5 Å². The minimum Gasteiger partial charge on any atom is -0.366 e. The Kier molecular flexibility index (Phi) is 3.33. The van der Waals surface area contributed by atoms with Gasteiger partial charge >= 0.3 is 0 Å². The second-order valence-electron chi connectivity index (χ2n) is 4.20. The lowest BCUT2D eigenvalue weighted by Crippen LogP contribution is -2.14. The SMILES string of the molecule is Cc1n[nH]c(C)c1C(=O)Nc1ccc(C(N)=O)cc1. The number of aryl methyl sites for hydroxylation is 2. The van der Waals surface area contributed by atoms with Gasteiger partial charge < -0.3 is 11.1 Å². The van der Waals surface area contributed by atoms with E-state index in [1.807, 2.05) is 0 Å². The minimum absolute atomic E-state index is 0.240. The van der Waals surface area contributed by atoms with Crippen molar-refractivity contribution in [1.29, 1.82) is 0 Å². The first-order chi connectivity index (χ1) is 8.99. The Balaban J connectivity index is 2.17.